The highest BCUT2D eigenvalue weighted by atomic mass is 32.2. The van der Waals surface area contributed by atoms with Crippen molar-refractivity contribution in [1.29, 1.82) is 0 Å². The van der Waals surface area contributed by atoms with Crippen LogP contribution in [0.2, 0.25) is 0 Å². The number of rotatable bonds is 3. The summed E-state index contributed by atoms with van der Waals surface area (Å²) in [6.45, 7) is 10.7. The molecule has 0 aliphatic carbocycles. The molecule has 0 saturated heterocycles. The molecule has 2 heterocycles. The molecule has 1 aliphatic rings. The quantitative estimate of drug-likeness (QED) is 0.923. The normalized spacial score (nSPS) is 20.0. The molecule has 0 fully saturated rings. The summed E-state index contributed by atoms with van der Waals surface area (Å²) in [7, 11) is 0. The number of thioether (sulfide) groups is 1. The van der Waals surface area contributed by atoms with Crippen LogP contribution in [-0.4, -0.2) is 21.9 Å². The fourth-order valence-electron chi connectivity index (χ4n) is 1.94. The molecule has 1 N–H and O–H groups in total. The van der Waals surface area contributed by atoms with Gasteiger partial charge in [-0.3, -0.25) is 4.99 Å². The van der Waals surface area contributed by atoms with Crippen molar-refractivity contribution in [3.63, 3.8) is 0 Å². The van der Waals surface area contributed by atoms with Gasteiger partial charge in [-0.05, 0) is 18.8 Å². The monoisotopic (exact) mass is 283 g/mol. The van der Waals surface area contributed by atoms with Crippen LogP contribution >= 0.6 is 23.1 Å². The predicted molar refractivity (Wildman–Crippen MR) is 81.4 cm³/mol. The summed E-state index contributed by atoms with van der Waals surface area (Å²) in [5.41, 5.74) is 0.384. The number of hydrogen-bond acceptors (Lipinski definition) is 5. The van der Waals surface area contributed by atoms with Crippen LogP contribution in [-0.2, 0) is 6.54 Å². The Morgan fingerprint density at radius 2 is 2.22 bits per heavy atom. The fraction of sp³-hybridized carbons (Fsp3) is 0.692. The average molecular weight is 283 g/mol. The van der Waals surface area contributed by atoms with Gasteiger partial charge in [-0.1, -0.05) is 32.5 Å². The number of hydrogen-bond donors (Lipinski definition) is 1. The van der Waals surface area contributed by atoms with E-state index in [4.69, 9.17) is 0 Å². The lowest BCUT2D eigenvalue weighted by atomic mass is 9.90. The molecule has 0 spiro atoms. The largest absolute Gasteiger partial charge is 0.358 e. The zero-order valence-electron chi connectivity index (χ0n) is 11.5. The van der Waals surface area contributed by atoms with E-state index in [1.807, 2.05) is 18.0 Å². The topological polar surface area (TPSA) is 37.3 Å². The van der Waals surface area contributed by atoms with E-state index >= 15 is 0 Å². The van der Waals surface area contributed by atoms with E-state index in [1.165, 1.54) is 11.3 Å². The lowest BCUT2D eigenvalue weighted by molar-refractivity contribution is 0.375. The summed E-state index contributed by atoms with van der Waals surface area (Å²) in [6.07, 6.45) is 3.14. The molecule has 1 aromatic heterocycles. The number of aromatic nitrogens is 1. The van der Waals surface area contributed by atoms with Crippen molar-refractivity contribution in [2.45, 2.75) is 45.9 Å². The second-order valence-corrected chi connectivity index (χ2v) is 8.48. The van der Waals surface area contributed by atoms with E-state index < -0.39 is 0 Å². The molecule has 5 heteroatoms. The summed E-state index contributed by atoms with van der Waals surface area (Å²) < 4.78 is 0. The standard InChI is InChI=1S/C13H21N3S2/c1-9-6-14-11(17-9)8-16-12-15-7-10(18-12)5-13(2,3)4/h6,10H,5,7-8H2,1-4H3,(H,15,16). The maximum atomic E-state index is 4.57. The smallest absolute Gasteiger partial charge is 0.157 e. The van der Waals surface area contributed by atoms with E-state index in [9.17, 15) is 0 Å². The third-order valence-corrected chi connectivity index (χ3v) is 4.68. The van der Waals surface area contributed by atoms with Crippen molar-refractivity contribution in [3.8, 4) is 0 Å². The van der Waals surface area contributed by atoms with Crippen molar-refractivity contribution in [3.05, 3.63) is 16.1 Å². The van der Waals surface area contributed by atoms with E-state index in [0.29, 0.717) is 10.7 Å². The third kappa shape index (κ3) is 4.28. The van der Waals surface area contributed by atoms with Crippen molar-refractivity contribution in [2.24, 2.45) is 10.4 Å². The third-order valence-electron chi connectivity index (χ3n) is 2.62. The van der Waals surface area contributed by atoms with Gasteiger partial charge in [0.15, 0.2) is 5.17 Å². The average Bonchev–Trinajstić information content (AvgIpc) is 2.82. The second-order valence-electron chi connectivity index (χ2n) is 5.87. The van der Waals surface area contributed by atoms with E-state index in [1.54, 1.807) is 11.3 Å². The Kier molecular flexibility index (Phi) is 4.33. The zero-order valence-corrected chi connectivity index (χ0v) is 13.1. The summed E-state index contributed by atoms with van der Waals surface area (Å²) in [5.74, 6) is 0. The van der Waals surface area contributed by atoms with Gasteiger partial charge in [0, 0.05) is 16.3 Å². The Bertz CT molecular complexity index is 432. The maximum absolute atomic E-state index is 4.57. The first kappa shape index (κ1) is 13.9. The molecule has 0 amide bonds. The maximum Gasteiger partial charge on any atom is 0.157 e. The Morgan fingerprint density at radius 3 is 2.83 bits per heavy atom. The van der Waals surface area contributed by atoms with Crippen molar-refractivity contribution < 1.29 is 0 Å². The highest BCUT2D eigenvalue weighted by molar-refractivity contribution is 8.14. The van der Waals surface area contributed by atoms with Gasteiger partial charge >= 0.3 is 0 Å². The summed E-state index contributed by atoms with van der Waals surface area (Å²) in [5, 5.41) is 6.23. The summed E-state index contributed by atoms with van der Waals surface area (Å²) in [4.78, 5) is 10.2. The van der Waals surface area contributed by atoms with E-state index in [0.717, 1.165) is 23.3 Å². The molecule has 0 radical (unpaired) electrons. The molecule has 1 unspecified atom stereocenters. The van der Waals surface area contributed by atoms with Crippen molar-refractivity contribution in [2.75, 3.05) is 6.54 Å². The lowest BCUT2D eigenvalue weighted by Crippen LogP contribution is -2.20. The molecule has 100 valence electrons. The van der Waals surface area contributed by atoms with Crippen LogP contribution in [0.1, 0.15) is 37.1 Å². The number of amidine groups is 1. The van der Waals surface area contributed by atoms with Gasteiger partial charge in [0.1, 0.15) is 5.01 Å². The minimum atomic E-state index is 0.384. The van der Waals surface area contributed by atoms with Gasteiger partial charge in [0.05, 0.1) is 13.1 Å². The van der Waals surface area contributed by atoms with Crippen LogP contribution in [0.15, 0.2) is 11.2 Å². The molecule has 18 heavy (non-hydrogen) atoms. The van der Waals surface area contributed by atoms with Gasteiger partial charge in [-0.25, -0.2) is 4.98 Å². The number of nitrogens with one attached hydrogen (secondary N) is 1. The molecule has 1 atom stereocenters. The lowest BCUT2D eigenvalue weighted by Gasteiger charge is -2.21. The molecule has 2 rings (SSSR count). The Morgan fingerprint density at radius 1 is 1.44 bits per heavy atom. The predicted octanol–water partition coefficient (Wildman–Crippen LogP) is 3.45. The first-order valence-electron chi connectivity index (χ1n) is 6.29. The van der Waals surface area contributed by atoms with Crippen LogP contribution in [0, 0.1) is 12.3 Å². The first-order valence-corrected chi connectivity index (χ1v) is 7.98. The van der Waals surface area contributed by atoms with Crippen LogP contribution in [0.25, 0.3) is 0 Å². The summed E-state index contributed by atoms with van der Waals surface area (Å²) in [6, 6.07) is 0. The highest BCUT2D eigenvalue weighted by Crippen LogP contribution is 2.31. The second kappa shape index (κ2) is 5.61. The molecular formula is C13H21N3S2. The van der Waals surface area contributed by atoms with E-state index in [2.05, 4.69) is 43.0 Å². The van der Waals surface area contributed by atoms with Gasteiger partial charge in [-0.2, -0.15) is 0 Å². The molecule has 0 bridgehead atoms. The van der Waals surface area contributed by atoms with Crippen LogP contribution in [0.3, 0.4) is 0 Å². The molecule has 3 nitrogen and oxygen atoms in total. The highest BCUT2D eigenvalue weighted by Gasteiger charge is 2.24. The van der Waals surface area contributed by atoms with Crippen LogP contribution in [0.5, 0.6) is 0 Å². The Balaban J connectivity index is 1.76. The van der Waals surface area contributed by atoms with Crippen molar-refractivity contribution >= 4 is 28.3 Å². The fourth-order valence-corrected chi connectivity index (χ4v) is 4.02. The number of nitrogens with zero attached hydrogens (tertiary/aromatic N) is 2. The van der Waals surface area contributed by atoms with Gasteiger partial charge in [-0.15, -0.1) is 11.3 Å². The van der Waals surface area contributed by atoms with Crippen LogP contribution in [0.4, 0.5) is 0 Å². The molecule has 1 aliphatic heterocycles. The number of aryl methyl sites for hydroxylation is 1. The summed E-state index contributed by atoms with van der Waals surface area (Å²) >= 11 is 3.62. The first-order chi connectivity index (χ1) is 8.42. The van der Waals surface area contributed by atoms with E-state index in [-0.39, 0.29) is 0 Å². The van der Waals surface area contributed by atoms with Gasteiger partial charge < -0.3 is 5.32 Å². The number of thiazole rings is 1. The molecule has 1 aromatic rings. The molecular weight excluding hydrogens is 262 g/mol. The molecule has 0 aromatic carbocycles. The van der Waals surface area contributed by atoms with Crippen LogP contribution < -0.4 is 5.32 Å². The van der Waals surface area contributed by atoms with Crippen molar-refractivity contribution in [1.82, 2.24) is 10.3 Å². The SMILES string of the molecule is Cc1cnc(CNC2=NCC(CC(C)(C)C)S2)s1. The Hall–Kier alpha value is -0.550. The van der Waals surface area contributed by atoms with Gasteiger partial charge in [0.2, 0.25) is 0 Å². The zero-order chi connectivity index (χ0) is 13.2. The van der Waals surface area contributed by atoms with Gasteiger partial charge in [0.25, 0.3) is 0 Å². The minimum Gasteiger partial charge on any atom is -0.358 e. The minimum absolute atomic E-state index is 0.384. The number of aliphatic imine (C=N–C) groups is 1. The molecule has 0 saturated carbocycles. The Labute approximate surface area is 118 Å².